The molecular formula is C50H51Cl3N12O4. The average molecular weight is 990 g/mol. The lowest BCUT2D eigenvalue weighted by Crippen LogP contribution is -2.41. The summed E-state index contributed by atoms with van der Waals surface area (Å²) in [4.78, 5) is 41.4. The van der Waals surface area contributed by atoms with Crippen LogP contribution in [0.3, 0.4) is 0 Å². The summed E-state index contributed by atoms with van der Waals surface area (Å²) in [6.07, 6.45) is 7.54. The van der Waals surface area contributed by atoms with Crippen molar-refractivity contribution in [2.75, 3.05) is 49.4 Å². The van der Waals surface area contributed by atoms with Crippen LogP contribution in [0.2, 0.25) is 0 Å². The fraction of sp³-hybridized carbons (Fsp3) is 0.280. The predicted molar refractivity (Wildman–Crippen MR) is 271 cm³/mol. The van der Waals surface area contributed by atoms with Crippen LogP contribution in [0.15, 0.2) is 122 Å². The van der Waals surface area contributed by atoms with E-state index in [1.807, 2.05) is 123 Å². The molecule has 4 aromatic carbocycles. The number of anilines is 2. The first-order chi connectivity index (χ1) is 33.7. The van der Waals surface area contributed by atoms with E-state index in [0.29, 0.717) is 53.1 Å². The molecule has 1 amide bonds. The highest BCUT2D eigenvalue weighted by Crippen LogP contribution is 2.36. The van der Waals surface area contributed by atoms with Crippen molar-refractivity contribution < 1.29 is 19.1 Å². The zero-order valence-corrected chi connectivity index (χ0v) is 39.9. The number of hydrogen-bond donors (Lipinski definition) is 3. The van der Waals surface area contributed by atoms with Gasteiger partial charge in [0.1, 0.15) is 58.7 Å². The molecule has 69 heavy (non-hydrogen) atoms. The van der Waals surface area contributed by atoms with E-state index in [1.54, 1.807) is 0 Å². The van der Waals surface area contributed by atoms with Gasteiger partial charge in [-0.3, -0.25) is 9.59 Å². The maximum Gasteiger partial charge on any atom is 0.223 e. The molecule has 5 N–H and O–H groups in total. The second kappa shape index (κ2) is 23.4. The number of aromatic nitrogens is 8. The number of nitrogen functional groups attached to an aromatic ring is 2. The number of para-hydroxylation sites is 2. The number of ether oxygens (including phenoxy) is 2. The van der Waals surface area contributed by atoms with E-state index in [-0.39, 0.29) is 29.7 Å². The van der Waals surface area contributed by atoms with E-state index < -0.39 is 0 Å². The van der Waals surface area contributed by atoms with Gasteiger partial charge >= 0.3 is 0 Å². The van der Waals surface area contributed by atoms with E-state index in [4.69, 9.17) is 65.9 Å². The van der Waals surface area contributed by atoms with Gasteiger partial charge in [-0.25, -0.2) is 29.3 Å². The monoisotopic (exact) mass is 988 g/mol. The SMILES string of the molecule is Nc1ncnc2c1c(-c1ccc(Oc3ccccc3)cc1)nn2C1CCCNC1.Nc1ncnc2c1c(-c1ccc(Oc3ccccc3)cc1)nn2[C@@H]1CCCN(C(=O)CCCl)C1.O=C(Cl)CCCl. The Balaban J connectivity index is 0.000000168. The molecule has 8 aromatic rings. The van der Waals surface area contributed by atoms with E-state index >= 15 is 0 Å². The summed E-state index contributed by atoms with van der Waals surface area (Å²) in [7, 11) is 0. The molecule has 356 valence electrons. The van der Waals surface area contributed by atoms with Crippen molar-refractivity contribution in [2.24, 2.45) is 0 Å². The minimum atomic E-state index is -0.370. The minimum absolute atomic E-state index is 0.000683. The normalized spacial score (nSPS) is 15.7. The molecule has 16 nitrogen and oxygen atoms in total. The van der Waals surface area contributed by atoms with Gasteiger partial charge < -0.3 is 31.2 Å². The zero-order chi connectivity index (χ0) is 48.1. The second-order valence-electron chi connectivity index (χ2n) is 16.2. The van der Waals surface area contributed by atoms with Gasteiger partial charge in [0.2, 0.25) is 11.1 Å². The maximum atomic E-state index is 12.4. The van der Waals surface area contributed by atoms with Gasteiger partial charge in [-0.1, -0.05) is 36.4 Å². The number of benzene rings is 4. The number of rotatable bonds is 12. The third-order valence-corrected chi connectivity index (χ3v) is 12.1. The third kappa shape index (κ3) is 12.1. The molecule has 19 heteroatoms. The first-order valence-corrected chi connectivity index (χ1v) is 24.1. The molecule has 2 atom stereocenters. The van der Waals surface area contributed by atoms with Gasteiger partial charge in [0.05, 0.1) is 22.9 Å². The molecule has 2 aliphatic heterocycles. The van der Waals surface area contributed by atoms with Crippen LogP contribution < -0.4 is 26.3 Å². The summed E-state index contributed by atoms with van der Waals surface area (Å²) in [5, 5.41) is 14.4. The minimum Gasteiger partial charge on any atom is -0.457 e. The van der Waals surface area contributed by atoms with Gasteiger partial charge in [0.15, 0.2) is 11.3 Å². The van der Waals surface area contributed by atoms with E-state index in [1.165, 1.54) is 12.7 Å². The quantitative estimate of drug-likeness (QED) is 0.0771. The number of hydrogen-bond acceptors (Lipinski definition) is 13. The number of halogens is 3. The van der Waals surface area contributed by atoms with Crippen molar-refractivity contribution in [1.82, 2.24) is 49.7 Å². The second-order valence-corrected chi connectivity index (χ2v) is 17.4. The molecular weight excluding hydrogens is 939 g/mol. The van der Waals surface area contributed by atoms with E-state index in [0.717, 1.165) is 96.2 Å². The Labute approximate surface area is 413 Å². The first-order valence-electron chi connectivity index (χ1n) is 22.6. The summed E-state index contributed by atoms with van der Waals surface area (Å²) in [5.74, 6) is 4.61. The average Bonchev–Trinajstić information content (AvgIpc) is 3.97. The fourth-order valence-corrected chi connectivity index (χ4v) is 8.78. The highest BCUT2D eigenvalue weighted by atomic mass is 35.5. The smallest absolute Gasteiger partial charge is 0.223 e. The lowest BCUT2D eigenvalue weighted by Gasteiger charge is -2.33. The van der Waals surface area contributed by atoms with Crippen LogP contribution in [-0.4, -0.2) is 93.5 Å². The Morgan fingerprint density at radius 3 is 1.55 bits per heavy atom. The van der Waals surface area contributed by atoms with Crippen molar-refractivity contribution in [3.05, 3.63) is 122 Å². The summed E-state index contributed by atoms with van der Waals surface area (Å²) >= 11 is 15.7. The third-order valence-electron chi connectivity index (χ3n) is 11.6. The molecule has 10 rings (SSSR count). The number of piperidine rings is 2. The number of likely N-dealkylation sites (tertiary alicyclic amines) is 1. The van der Waals surface area contributed by atoms with Crippen LogP contribution >= 0.6 is 34.8 Å². The summed E-state index contributed by atoms with van der Waals surface area (Å²) < 4.78 is 15.7. The number of carbonyl (C=O) groups excluding carboxylic acids is 2. The lowest BCUT2D eigenvalue weighted by molar-refractivity contribution is -0.132. The Bertz CT molecular complexity index is 2950. The molecule has 2 fully saturated rings. The van der Waals surface area contributed by atoms with Crippen molar-refractivity contribution in [2.45, 2.75) is 50.6 Å². The molecule has 0 bridgehead atoms. The number of nitrogens with zero attached hydrogens (tertiary/aromatic N) is 9. The van der Waals surface area contributed by atoms with Crippen LogP contribution in [0.5, 0.6) is 23.0 Å². The van der Waals surface area contributed by atoms with Crippen molar-refractivity contribution in [1.29, 1.82) is 0 Å². The zero-order valence-electron chi connectivity index (χ0n) is 37.6. The predicted octanol–water partition coefficient (Wildman–Crippen LogP) is 9.83. The van der Waals surface area contributed by atoms with Crippen LogP contribution in [0.25, 0.3) is 44.6 Å². The van der Waals surface area contributed by atoms with Crippen LogP contribution in [-0.2, 0) is 9.59 Å². The summed E-state index contributed by atoms with van der Waals surface area (Å²) in [6, 6.07) is 35.2. The Morgan fingerprint density at radius 1 is 0.623 bits per heavy atom. The van der Waals surface area contributed by atoms with Crippen molar-refractivity contribution in [3.8, 4) is 45.5 Å². The lowest BCUT2D eigenvalue weighted by atomic mass is 10.1. The number of nitrogens with two attached hydrogens (primary N) is 2. The Kier molecular flexibility index (Phi) is 16.5. The molecule has 0 spiro atoms. The molecule has 2 aliphatic rings. The number of carbonyl (C=O) groups is 2. The molecule has 6 heterocycles. The number of alkyl halides is 2. The molecule has 0 saturated carbocycles. The number of amides is 1. The molecule has 0 radical (unpaired) electrons. The van der Waals surface area contributed by atoms with Crippen LogP contribution in [0.4, 0.5) is 11.6 Å². The molecule has 0 aliphatic carbocycles. The summed E-state index contributed by atoms with van der Waals surface area (Å²) in [6.45, 7) is 3.23. The van der Waals surface area contributed by atoms with Gasteiger partial charge in [0, 0.05) is 55.4 Å². The standard InChI is InChI=1S/C25H25ClN6O2.C22H22N6O.C3H4Cl2O/c26-13-12-21(33)31-14-4-5-18(15-31)32-25-22(24(27)28-16-29-25)23(30-32)17-8-10-20(11-9-17)34-19-6-2-1-3-7-19;23-21-19-20(15-8-10-18(11-9-15)29-17-6-2-1-3-7-17)27-28(22(19)26-14-25-21)16-5-4-12-24-13-16;4-2-1-3(5)6/h1-3,6-11,16,18H,4-5,12-15H2,(H2,27,28,29);1-3,6-11,14,16,24H,4-5,12-13H2,(H2,23,25,26);1-2H2/t18-;;/m1../s1. The number of fused-ring (bicyclic) bond motifs is 2. The molecule has 4 aromatic heterocycles. The molecule has 1 unspecified atom stereocenters. The van der Waals surface area contributed by atoms with Gasteiger partial charge in [-0.15, -0.1) is 23.2 Å². The van der Waals surface area contributed by atoms with E-state index in [9.17, 15) is 9.59 Å². The Morgan fingerprint density at radius 2 is 1.10 bits per heavy atom. The van der Waals surface area contributed by atoms with Crippen LogP contribution in [0.1, 0.15) is 50.6 Å². The molecule has 2 saturated heterocycles. The number of nitrogens with one attached hydrogen (secondary N) is 1. The van der Waals surface area contributed by atoms with Gasteiger partial charge in [-0.05, 0) is 117 Å². The van der Waals surface area contributed by atoms with Crippen molar-refractivity contribution >= 4 is 79.7 Å². The fourth-order valence-electron chi connectivity index (χ4n) is 8.25. The Hall–Kier alpha value is -6.85. The maximum absolute atomic E-state index is 12.4. The van der Waals surface area contributed by atoms with Crippen LogP contribution in [0, 0.1) is 0 Å². The van der Waals surface area contributed by atoms with E-state index in [2.05, 4.69) is 25.3 Å². The van der Waals surface area contributed by atoms with Gasteiger partial charge in [-0.2, -0.15) is 10.2 Å². The topological polar surface area (TPSA) is 207 Å². The summed E-state index contributed by atoms with van der Waals surface area (Å²) in [5.41, 5.74) is 17.3. The van der Waals surface area contributed by atoms with Gasteiger partial charge in [0.25, 0.3) is 0 Å². The highest BCUT2D eigenvalue weighted by Gasteiger charge is 2.29. The first kappa shape index (κ1) is 48.6. The van der Waals surface area contributed by atoms with Crippen molar-refractivity contribution in [3.63, 3.8) is 0 Å². The largest absolute Gasteiger partial charge is 0.457 e. The highest BCUT2D eigenvalue weighted by molar-refractivity contribution is 6.63.